The number of carbonyl (C=O) groups excluding carboxylic acids is 2. The molecule has 6 heteroatoms. The van der Waals surface area contributed by atoms with Gasteiger partial charge in [-0.05, 0) is 51.0 Å². The van der Waals surface area contributed by atoms with Gasteiger partial charge in [0.2, 0.25) is 0 Å². The molecule has 3 rings (SSSR count). The molecular weight excluding hydrogens is 332 g/mol. The molecule has 0 aliphatic carbocycles. The number of benzene rings is 1. The lowest BCUT2D eigenvalue weighted by atomic mass is 9.97. The van der Waals surface area contributed by atoms with Crippen molar-refractivity contribution in [1.82, 2.24) is 9.88 Å². The summed E-state index contributed by atoms with van der Waals surface area (Å²) in [6, 6.07) is 7.46. The Bertz CT molecular complexity index is 834. The summed E-state index contributed by atoms with van der Waals surface area (Å²) in [6.07, 6.45) is 1.55. The molecule has 0 radical (unpaired) electrons. The molecule has 0 N–H and O–H groups in total. The highest BCUT2D eigenvalue weighted by Gasteiger charge is 2.30. The monoisotopic (exact) mass is 356 g/mol. The SMILES string of the molecule is CCOC(=O)[C@@H]1CCCN(C(=O)c2cc3cc(OC)ccc3nc2C)C1. The Morgan fingerprint density at radius 2 is 2.12 bits per heavy atom. The highest BCUT2D eigenvalue weighted by atomic mass is 16.5. The minimum Gasteiger partial charge on any atom is -0.497 e. The van der Waals surface area contributed by atoms with Crippen LogP contribution in [0.4, 0.5) is 0 Å². The van der Waals surface area contributed by atoms with E-state index < -0.39 is 0 Å². The molecule has 1 aromatic heterocycles. The summed E-state index contributed by atoms with van der Waals surface area (Å²) in [5.41, 5.74) is 2.07. The summed E-state index contributed by atoms with van der Waals surface area (Å²) in [4.78, 5) is 31.4. The van der Waals surface area contributed by atoms with Gasteiger partial charge >= 0.3 is 5.97 Å². The Labute approximate surface area is 153 Å². The number of aromatic nitrogens is 1. The molecule has 6 nitrogen and oxygen atoms in total. The molecule has 1 amide bonds. The van der Waals surface area contributed by atoms with Crippen molar-refractivity contribution in [2.45, 2.75) is 26.7 Å². The van der Waals surface area contributed by atoms with Gasteiger partial charge in [0.05, 0.1) is 36.4 Å². The molecule has 0 saturated carbocycles. The summed E-state index contributed by atoms with van der Waals surface area (Å²) in [7, 11) is 1.61. The zero-order valence-electron chi connectivity index (χ0n) is 15.4. The van der Waals surface area contributed by atoms with Crippen LogP contribution < -0.4 is 4.74 Å². The van der Waals surface area contributed by atoms with Gasteiger partial charge in [0.1, 0.15) is 5.75 Å². The molecule has 26 heavy (non-hydrogen) atoms. The number of piperidine rings is 1. The lowest BCUT2D eigenvalue weighted by molar-refractivity contribution is -0.149. The Hall–Kier alpha value is -2.63. The Balaban J connectivity index is 1.86. The molecule has 1 aliphatic rings. The van der Waals surface area contributed by atoms with Crippen molar-refractivity contribution in [3.05, 3.63) is 35.5 Å². The zero-order valence-corrected chi connectivity index (χ0v) is 15.4. The predicted molar refractivity (Wildman–Crippen MR) is 98.3 cm³/mol. The molecule has 138 valence electrons. The van der Waals surface area contributed by atoms with Crippen LogP contribution >= 0.6 is 0 Å². The standard InChI is InChI=1S/C20H24N2O4/c1-4-26-20(24)14-6-5-9-22(12-14)19(23)17-11-15-10-16(25-3)7-8-18(15)21-13(17)2/h7-8,10-11,14H,4-6,9,12H2,1-3H3/t14-/m1/s1. The minimum atomic E-state index is -0.249. The van der Waals surface area contributed by atoms with Crippen molar-refractivity contribution in [2.24, 2.45) is 5.92 Å². The number of hydrogen-bond acceptors (Lipinski definition) is 5. The van der Waals surface area contributed by atoms with E-state index in [0.717, 1.165) is 29.5 Å². The van der Waals surface area contributed by atoms with Crippen LogP contribution in [0.3, 0.4) is 0 Å². The van der Waals surface area contributed by atoms with Gasteiger partial charge in [0, 0.05) is 18.5 Å². The molecule has 2 aromatic rings. The summed E-state index contributed by atoms with van der Waals surface area (Å²) in [5, 5.41) is 0.859. The first-order valence-corrected chi connectivity index (χ1v) is 8.94. The van der Waals surface area contributed by atoms with Gasteiger partial charge in [-0.25, -0.2) is 0 Å². The molecule has 1 saturated heterocycles. The van der Waals surface area contributed by atoms with Gasteiger partial charge in [-0.15, -0.1) is 0 Å². The average Bonchev–Trinajstić information content (AvgIpc) is 2.67. The van der Waals surface area contributed by atoms with Crippen molar-refractivity contribution < 1.29 is 19.1 Å². The van der Waals surface area contributed by atoms with Gasteiger partial charge in [-0.1, -0.05) is 0 Å². The van der Waals surface area contributed by atoms with E-state index in [1.165, 1.54) is 0 Å². The predicted octanol–water partition coefficient (Wildman–Crippen LogP) is 2.97. The lowest BCUT2D eigenvalue weighted by Gasteiger charge is -2.31. The van der Waals surface area contributed by atoms with Crippen molar-refractivity contribution in [2.75, 3.05) is 26.8 Å². The molecule has 0 bridgehead atoms. The number of rotatable bonds is 4. The van der Waals surface area contributed by atoms with E-state index in [9.17, 15) is 9.59 Å². The third-order valence-electron chi connectivity index (χ3n) is 4.77. The Morgan fingerprint density at radius 1 is 1.31 bits per heavy atom. The molecule has 1 fully saturated rings. The number of likely N-dealkylation sites (tertiary alicyclic amines) is 1. The number of aryl methyl sites for hydroxylation is 1. The van der Waals surface area contributed by atoms with Crippen LogP contribution in [-0.2, 0) is 9.53 Å². The van der Waals surface area contributed by atoms with Crippen LogP contribution in [0.15, 0.2) is 24.3 Å². The number of carbonyl (C=O) groups is 2. The van der Waals surface area contributed by atoms with Gasteiger partial charge in [-0.3, -0.25) is 14.6 Å². The first kappa shape index (κ1) is 18.2. The lowest BCUT2D eigenvalue weighted by Crippen LogP contribution is -2.43. The summed E-state index contributed by atoms with van der Waals surface area (Å²) >= 11 is 0. The molecule has 0 spiro atoms. The van der Waals surface area contributed by atoms with Crippen molar-refractivity contribution in [1.29, 1.82) is 0 Å². The largest absolute Gasteiger partial charge is 0.497 e. The number of fused-ring (bicyclic) bond motifs is 1. The fourth-order valence-electron chi connectivity index (χ4n) is 3.38. The average molecular weight is 356 g/mol. The van der Waals surface area contributed by atoms with Crippen LogP contribution in [0, 0.1) is 12.8 Å². The fourth-order valence-corrected chi connectivity index (χ4v) is 3.38. The second-order valence-electron chi connectivity index (χ2n) is 6.52. The highest BCUT2D eigenvalue weighted by molar-refractivity contribution is 5.99. The Morgan fingerprint density at radius 3 is 2.85 bits per heavy atom. The summed E-state index contributed by atoms with van der Waals surface area (Å²) < 4.78 is 10.4. The Kier molecular flexibility index (Phi) is 5.40. The van der Waals surface area contributed by atoms with E-state index in [-0.39, 0.29) is 17.8 Å². The number of pyridine rings is 1. The number of amides is 1. The van der Waals surface area contributed by atoms with Crippen LogP contribution in [-0.4, -0.2) is 48.6 Å². The molecular formula is C20H24N2O4. The summed E-state index contributed by atoms with van der Waals surface area (Å²) in [5.74, 6) is 0.167. The second-order valence-corrected chi connectivity index (χ2v) is 6.52. The number of hydrogen-bond donors (Lipinski definition) is 0. The van der Waals surface area contributed by atoms with Crippen molar-refractivity contribution in [3.63, 3.8) is 0 Å². The van der Waals surface area contributed by atoms with Crippen LogP contribution in [0.1, 0.15) is 35.8 Å². The van der Waals surface area contributed by atoms with Crippen LogP contribution in [0.25, 0.3) is 10.9 Å². The number of esters is 1. The fraction of sp³-hybridized carbons (Fsp3) is 0.450. The molecule has 1 aromatic carbocycles. The maximum atomic E-state index is 13.0. The van der Waals surface area contributed by atoms with Crippen molar-refractivity contribution in [3.8, 4) is 5.75 Å². The van der Waals surface area contributed by atoms with E-state index in [4.69, 9.17) is 9.47 Å². The van der Waals surface area contributed by atoms with Crippen LogP contribution in [0.2, 0.25) is 0 Å². The van der Waals surface area contributed by atoms with Gasteiger partial charge in [-0.2, -0.15) is 0 Å². The molecule has 1 aliphatic heterocycles. The maximum absolute atomic E-state index is 13.0. The molecule has 0 unspecified atom stereocenters. The second kappa shape index (κ2) is 7.72. The number of nitrogens with zero attached hydrogens (tertiary/aromatic N) is 2. The van der Waals surface area contributed by atoms with E-state index in [2.05, 4.69) is 4.98 Å². The minimum absolute atomic E-state index is 0.0891. The quantitative estimate of drug-likeness (QED) is 0.788. The molecule has 1 atom stereocenters. The van der Waals surface area contributed by atoms with E-state index in [1.807, 2.05) is 31.2 Å². The number of ether oxygens (including phenoxy) is 2. The van der Waals surface area contributed by atoms with Crippen LogP contribution in [0.5, 0.6) is 5.75 Å². The topological polar surface area (TPSA) is 68.7 Å². The highest BCUT2D eigenvalue weighted by Crippen LogP contribution is 2.25. The van der Waals surface area contributed by atoms with Crippen molar-refractivity contribution >= 4 is 22.8 Å². The van der Waals surface area contributed by atoms with E-state index in [1.54, 1.807) is 18.9 Å². The van der Waals surface area contributed by atoms with Gasteiger partial charge in [0.15, 0.2) is 0 Å². The summed E-state index contributed by atoms with van der Waals surface area (Å²) in [6.45, 7) is 5.03. The first-order valence-electron chi connectivity index (χ1n) is 8.94. The first-order chi connectivity index (χ1) is 12.5. The smallest absolute Gasteiger partial charge is 0.310 e. The third-order valence-corrected chi connectivity index (χ3v) is 4.77. The third kappa shape index (κ3) is 3.64. The zero-order chi connectivity index (χ0) is 18.7. The molecule has 2 heterocycles. The normalized spacial score (nSPS) is 17.2. The maximum Gasteiger partial charge on any atom is 0.310 e. The van der Waals surface area contributed by atoms with E-state index >= 15 is 0 Å². The van der Waals surface area contributed by atoms with E-state index in [0.29, 0.717) is 31.0 Å². The number of methoxy groups -OCH3 is 1. The van der Waals surface area contributed by atoms with Gasteiger partial charge in [0.25, 0.3) is 5.91 Å². The van der Waals surface area contributed by atoms with Gasteiger partial charge < -0.3 is 14.4 Å².